The van der Waals surface area contributed by atoms with Gasteiger partial charge in [-0.1, -0.05) is 17.7 Å². The normalized spacial score (nSPS) is 13.6. The van der Waals surface area contributed by atoms with Gasteiger partial charge in [0.15, 0.2) is 6.10 Å². The lowest BCUT2D eigenvalue weighted by Gasteiger charge is -2.18. The van der Waals surface area contributed by atoms with E-state index in [0.717, 1.165) is 18.2 Å². The number of halogens is 4. The van der Waals surface area contributed by atoms with Crippen LogP contribution in [0.15, 0.2) is 18.2 Å². The Bertz CT molecular complexity index is 422. The van der Waals surface area contributed by atoms with E-state index in [1.807, 2.05) is 0 Å². The Hall–Kier alpha value is -1.27. The van der Waals surface area contributed by atoms with Gasteiger partial charge in [0, 0.05) is 0 Å². The summed E-state index contributed by atoms with van der Waals surface area (Å²) in [6.07, 6.45) is -2.58. The van der Waals surface area contributed by atoms with Gasteiger partial charge in [-0.2, -0.15) is 8.78 Å². The summed E-state index contributed by atoms with van der Waals surface area (Å²) in [7, 11) is 0. The summed E-state index contributed by atoms with van der Waals surface area (Å²) in [5, 5.41) is 16.8. The fourth-order valence-corrected chi connectivity index (χ4v) is 1.20. The molecule has 0 saturated carbocycles. The third-order valence-electron chi connectivity index (χ3n) is 1.89. The maximum Gasteiger partial charge on any atom is 0.377 e. The maximum absolute atomic E-state index is 12.9. The van der Waals surface area contributed by atoms with E-state index >= 15 is 0 Å². The van der Waals surface area contributed by atoms with Crippen LogP contribution < -0.4 is 0 Å². The number of carbonyl (C=O) groups is 1. The number of carboxylic acids is 1. The highest BCUT2D eigenvalue weighted by Crippen LogP contribution is 2.33. The smallest absolute Gasteiger partial charge is 0.377 e. The van der Waals surface area contributed by atoms with Crippen LogP contribution in [0.5, 0.6) is 0 Å². The molecule has 0 amide bonds. The van der Waals surface area contributed by atoms with Gasteiger partial charge in [0.25, 0.3) is 0 Å². The molecule has 0 aliphatic rings. The average Bonchev–Trinajstić information content (AvgIpc) is 2.20. The van der Waals surface area contributed by atoms with Crippen molar-refractivity contribution >= 4 is 17.6 Å². The molecular weight excluding hydrogens is 249 g/mol. The van der Waals surface area contributed by atoms with Crippen LogP contribution in [-0.2, 0) is 4.79 Å². The number of benzene rings is 1. The molecule has 0 spiro atoms. The highest BCUT2D eigenvalue weighted by molar-refractivity contribution is 6.30. The van der Waals surface area contributed by atoms with Crippen LogP contribution in [0.4, 0.5) is 13.2 Å². The second-order valence-corrected chi connectivity index (χ2v) is 3.41. The van der Waals surface area contributed by atoms with E-state index in [1.54, 1.807) is 0 Å². The number of aliphatic carboxylic acids is 1. The number of alkyl halides is 2. The molecule has 1 unspecified atom stereocenters. The van der Waals surface area contributed by atoms with Crippen molar-refractivity contribution in [2.75, 3.05) is 0 Å². The molecule has 0 aliphatic carbocycles. The van der Waals surface area contributed by atoms with Gasteiger partial charge in [-0.3, -0.25) is 0 Å². The molecule has 2 N–H and O–H groups in total. The molecule has 3 nitrogen and oxygen atoms in total. The van der Waals surface area contributed by atoms with Crippen LogP contribution in [0.25, 0.3) is 0 Å². The first-order valence-electron chi connectivity index (χ1n) is 4.01. The van der Waals surface area contributed by atoms with Gasteiger partial charge in [0.05, 0.1) is 5.02 Å². The van der Waals surface area contributed by atoms with Crippen LogP contribution >= 0.6 is 11.6 Å². The summed E-state index contributed by atoms with van der Waals surface area (Å²) in [5.74, 6) is -7.68. The first-order valence-corrected chi connectivity index (χ1v) is 4.39. The monoisotopic (exact) mass is 254 g/mol. The lowest BCUT2D eigenvalue weighted by molar-refractivity contribution is -0.182. The molecule has 0 saturated heterocycles. The van der Waals surface area contributed by atoms with Gasteiger partial charge in [-0.15, -0.1) is 0 Å². The molecule has 0 heterocycles. The molecule has 0 bridgehead atoms. The zero-order valence-electron chi connectivity index (χ0n) is 7.62. The van der Waals surface area contributed by atoms with Crippen LogP contribution in [0.3, 0.4) is 0 Å². The van der Waals surface area contributed by atoms with Crippen molar-refractivity contribution in [3.05, 3.63) is 34.6 Å². The van der Waals surface area contributed by atoms with E-state index < -0.39 is 34.4 Å². The second kappa shape index (κ2) is 4.31. The van der Waals surface area contributed by atoms with Crippen LogP contribution in [0.1, 0.15) is 11.7 Å². The van der Waals surface area contributed by atoms with Crippen molar-refractivity contribution < 1.29 is 28.2 Å². The van der Waals surface area contributed by atoms with Crippen LogP contribution in [-0.4, -0.2) is 22.1 Å². The largest absolute Gasteiger partial charge is 0.477 e. The minimum atomic E-state index is -4.36. The van der Waals surface area contributed by atoms with E-state index in [-0.39, 0.29) is 0 Å². The summed E-state index contributed by atoms with van der Waals surface area (Å²) < 4.78 is 38.4. The van der Waals surface area contributed by atoms with Gasteiger partial charge in [0.1, 0.15) is 5.82 Å². The fraction of sp³-hybridized carbons (Fsp3) is 0.222. The van der Waals surface area contributed by atoms with E-state index in [0.29, 0.717) is 0 Å². The van der Waals surface area contributed by atoms with Crippen molar-refractivity contribution in [1.82, 2.24) is 0 Å². The predicted molar refractivity (Wildman–Crippen MR) is 49.0 cm³/mol. The van der Waals surface area contributed by atoms with E-state index in [1.165, 1.54) is 0 Å². The van der Waals surface area contributed by atoms with Crippen molar-refractivity contribution in [3.63, 3.8) is 0 Å². The van der Waals surface area contributed by atoms with E-state index in [4.69, 9.17) is 21.8 Å². The highest BCUT2D eigenvalue weighted by Gasteiger charge is 2.47. The maximum atomic E-state index is 12.9. The summed E-state index contributed by atoms with van der Waals surface area (Å²) in [6, 6.07) is 2.35. The van der Waals surface area contributed by atoms with Crippen LogP contribution in [0.2, 0.25) is 5.02 Å². The molecule has 0 fully saturated rings. The van der Waals surface area contributed by atoms with Crippen LogP contribution in [0, 0.1) is 5.82 Å². The number of rotatable bonds is 3. The van der Waals surface area contributed by atoms with Gasteiger partial charge < -0.3 is 10.2 Å². The Morgan fingerprint density at radius 2 is 2.00 bits per heavy atom. The number of aliphatic hydroxyl groups is 1. The Kier molecular flexibility index (Phi) is 3.44. The van der Waals surface area contributed by atoms with Gasteiger partial charge in [-0.25, -0.2) is 9.18 Å². The number of hydrogen-bond donors (Lipinski definition) is 2. The molecule has 7 heteroatoms. The third kappa shape index (κ3) is 2.28. The number of aliphatic hydroxyl groups excluding tert-OH is 1. The topological polar surface area (TPSA) is 57.5 Å². The summed E-state index contributed by atoms with van der Waals surface area (Å²) in [4.78, 5) is 10.2. The molecule has 1 aromatic carbocycles. The minimum absolute atomic E-state index is 0.473. The number of hydrogen-bond acceptors (Lipinski definition) is 2. The SMILES string of the molecule is O=C(O)C(F)(F)C(O)c1ccc(F)c(Cl)c1. The Labute approximate surface area is 93.1 Å². The minimum Gasteiger partial charge on any atom is -0.477 e. The third-order valence-corrected chi connectivity index (χ3v) is 2.18. The quantitative estimate of drug-likeness (QED) is 0.870. The lowest BCUT2D eigenvalue weighted by atomic mass is 10.0. The molecule has 0 aromatic heterocycles. The number of carboxylic acid groups (broad SMARTS) is 1. The fourth-order valence-electron chi connectivity index (χ4n) is 1.01. The predicted octanol–water partition coefficient (Wildman–Crippen LogP) is 2.23. The molecule has 1 atom stereocenters. The molecule has 1 rings (SSSR count). The lowest BCUT2D eigenvalue weighted by Crippen LogP contribution is -2.35. The van der Waals surface area contributed by atoms with Crippen molar-refractivity contribution in [3.8, 4) is 0 Å². The van der Waals surface area contributed by atoms with Crippen molar-refractivity contribution in [2.24, 2.45) is 0 Å². The molecular formula is C9H6ClF3O3. The molecule has 0 aliphatic heterocycles. The first kappa shape index (κ1) is 12.8. The van der Waals surface area contributed by atoms with Gasteiger partial charge >= 0.3 is 11.9 Å². The molecule has 1 aromatic rings. The molecule has 0 radical (unpaired) electrons. The zero-order chi connectivity index (χ0) is 12.5. The Balaban J connectivity index is 3.10. The molecule has 16 heavy (non-hydrogen) atoms. The van der Waals surface area contributed by atoms with Gasteiger partial charge in [-0.05, 0) is 17.7 Å². The molecule has 88 valence electrons. The average molecular weight is 255 g/mol. The van der Waals surface area contributed by atoms with Crippen molar-refractivity contribution in [2.45, 2.75) is 12.0 Å². The standard InChI is InChI=1S/C9H6ClF3O3/c10-5-3-4(1-2-6(5)11)7(14)9(12,13)8(15)16/h1-3,7,14H,(H,15,16). The Morgan fingerprint density at radius 3 is 2.44 bits per heavy atom. The summed E-state index contributed by atoms with van der Waals surface area (Å²) in [6.45, 7) is 0. The first-order chi connectivity index (χ1) is 7.26. The van der Waals surface area contributed by atoms with E-state index in [9.17, 15) is 18.0 Å². The van der Waals surface area contributed by atoms with E-state index in [2.05, 4.69) is 0 Å². The zero-order valence-corrected chi connectivity index (χ0v) is 8.38. The summed E-state index contributed by atoms with van der Waals surface area (Å²) in [5.41, 5.74) is -0.473. The summed E-state index contributed by atoms with van der Waals surface area (Å²) >= 11 is 5.31. The second-order valence-electron chi connectivity index (χ2n) is 3.00. The van der Waals surface area contributed by atoms with Gasteiger partial charge in [0.2, 0.25) is 0 Å². The highest BCUT2D eigenvalue weighted by atomic mass is 35.5. The van der Waals surface area contributed by atoms with Crippen molar-refractivity contribution in [1.29, 1.82) is 0 Å². The Morgan fingerprint density at radius 1 is 1.44 bits per heavy atom.